The SMILES string of the molecule is COC(=O)N[C@H](C(=O)N1CCC[C@H]1c1ncc(-c2ccc(-c3ccc(-c4cnc(C5C6CCC(C6)[C@@H]5C(=O)N[C@H](C)c5cccnc5)[nH]4)cc3)cc2)[nH]1)[C@@H](C)OC. The second kappa shape index (κ2) is 16.3. The van der Waals surface area contributed by atoms with Crippen LogP contribution < -0.4 is 10.6 Å². The monoisotopic (exact) mass is 770 g/mol. The summed E-state index contributed by atoms with van der Waals surface area (Å²) in [5.74, 6) is 2.30. The molecule has 1 aliphatic heterocycles. The number of imidazole rings is 2. The van der Waals surface area contributed by atoms with Gasteiger partial charge in [-0.15, -0.1) is 0 Å². The van der Waals surface area contributed by atoms with Gasteiger partial charge in [0.2, 0.25) is 11.8 Å². The minimum atomic E-state index is -0.886. The molecule has 3 fully saturated rings. The normalized spacial score (nSPS) is 22.9. The van der Waals surface area contributed by atoms with Crippen LogP contribution in [0.2, 0.25) is 0 Å². The molecule has 2 aromatic carbocycles. The van der Waals surface area contributed by atoms with Crippen LogP contribution in [0, 0.1) is 17.8 Å². The van der Waals surface area contributed by atoms with E-state index in [1.165, 1.54) is 14.2 Å². The number of fused-ring (bicyclic) bond motifs is 2. The highest BCUT2D eigenvalue weighted by Gasteiger charge is 2.52. The predicted molar refractivity (Wildman–Crippen MR) is 214 cm³/mol. The standard InChI is InChI=1S/C44H50N8O5/c1-25(33-7-5-19-45-22-33)48-42(53)38-32-18-17-31(21-32)37(38)41-47-24-35(50-41)30-15-11-28(12-16-30)27-9-13-29(14-10-27)34-23-46-40(49-34)36-8-6-20-52(36)43(54)39(26(2)56-3)51-44(55)57-4/h5,7,9-16,19,22-26,31-32,36-39H,6,8,17-18,20-21H2,1-4H3,(H,46,49)(H,47,50)(H,48,53)(H,51,55)/t25-,26-,31?,32?,36+,37?,38+,39+/m1/s1. The third-order valence-electron chi connectivity index (χ3n) is 12.4. The Morgan fingerprint density at radius 3 is 2.05 bits per heavy atom. The molecule has 3 aromatic heterocycles. The zero-order valence-electron chi connectivity index (χ0n) is 32.8. The maximum Gasteiger partial charge on any atom is 0.407 e. The van der Waals surface area contributed by atoms with Crippen molar-refractivity contribution in [3.8, 4) is 33.6 Å². The molecule has 13 heteroatoms. The van der Waals surface area contributed by atoms with E-state index in [0.717, 1.165) is 77.1 Å². The lowest BCUT2D eigenvalue weighted by molar-refractivity contribution is -0.137. The van der Waals surface area contributed by atoms with Crippen LogP contribution in [0.15, 0.2) is 85.5 Å². The Labute approximate surface area is 332 Å². The number of pyridine rings is 1. The Hall–Kier alpha value is -5.82. The number of aromatic nitrogens is 5. The molecule has 5 aromatic rings. The first-order valence-corrected chi connectivity index (χ1v) is 19.9. The number of hydrogen-bond acceptors (Lipinski definition) is 8. The fraction of sp³-hybridized carbons (Fsp3) is 0.409. The third kappa shape index (κ3) is 7.68. The number of nitrogens with zero attached hydrogens (tertiary/aromatic N) is 4. The van der Waals surface area contributed by atoms with Gasteiger partial charge < -0.3 is 35.0 Å². The van der Waals surface area contributed by atoms with Crippen LogP contribution in [0.3, 0.4) is 0 Å². The van der Waals surface area contributed by atoms with Crippen molar-refractivity contribution in [2.75, 3.05) is 20.8 Å². The van der Waals surface area contributed by atoms with Gasteiger partial charge in [0.1, 0.15) is 17.7 Å². The molecule has 3 aliphatic rings. The molecule has 8 rings (SSSR count). The van der Waals surface area contributed by atoms with Gasteiger partial charge in [-0.1, -0.05) is 54.6 Å². The summed E-state index contributed by atoms with van der Waals surface area (Å²) >= 11 is 0. The number of aromatic amines is 2. The van der Waals surface area contributed by atoms with Crippen LogP contribution in [0.1, 0.15) is 81.2 Å². The van der Waals surface area contributed by atoms with E-state index in [1.807, 2.05) is 31.5 Å². The van der Waals surface area contributed by atoms with Gasteiger partial charge in [0.15, 0.2) is 0 Å². The van der Waals surface area contributed by atoms with Crippen LogP contribution >= 0.6 is 0 Å². The smallest absolute Gasteiger partial charge is 0.407 e. The summed E-state index contributed by atoms with van der Waals surface area (Å²) in [5.41, 5.74) is 6.98. The number of benzene rings is 2. The van der Waals surface area contributed by atoms with E-state index in [0.29, 0.717) is 24.2 Å². The molecule has 13 nitrogen and oxygen atoms in total. The highest BCUT2D eigenvalue weighted by Crippen LogP contribution is 2.56. The lowest BCUT2D eigenvalue weighted by Crippen LogP contribution is -2.54. The maximum absolute atomic E-state index is 13.7. The van der Waals surface area contributed by atoms with Crippen molar-refractivity contribution in [2.24, 2.45) is 17.8 Å². The molecule has 3 amide bonds. The molecular formula is C44H50N8O5. The van der Waals surface area contributed by atoms with Crippen molar-refractivity contribution in [1.82, 2.24) is 40.5 Å². The van der Waals surface area contributed by atoms with E-state index in [4.69, 9.17) is 14.5 Å². The number of nitrogens with one attached hydrogen (secondary N) is 4. The molecule has 0 spiro atoms. The van der Waals surface area contributed by atoms with Crippen LogP contribution in [0.4, 0.5) is 4.79 Å². The number of carbonyl (C=O) groups is 3. The number of alkyl carbamates (subject to hydrolysis) is 1. The minimum absolute atomic E-state index is 0.0781. The summed E-state index contributed by atoms with van der Waals surface area (Å²) in [6.07, 6.45) is 10.9. The maximum atomic E-state index is 13.7. The quantitative estimate of drug-likeness (QED) is 0.106. The van der Waals surface area contributed by atoms with Crippen LogP contribution in [0.5, 0.6) is 0 Å². The molecular weight excluding hydrogens is 721 g/mol. The fourth-order valence-electron chi connectivity index (χ4n) is 9.27. The molecule has 4 heterocycles. The van der Waals surface area contributed by atoms with Gasteiger partial charge in [0.05, 0.1) is 55.0 Å². The summed E-state index contributed by atoms with van der Waals surface area (Å²) in [4.78, 5) is 61.9. The molecule has 1 saturated heterocycles. The summed E-state index contributed by atoms with van der Waals surface area (Å²) < 4.78 is 10.2. The zero-order chi connectivity index (χ0) is 39.6. The number of H-pyrrole nitrogens is 2. The summed E-state index contributed by atoms with van der Waals surface area (Å²) in [5, 5.41) is 5.90. The number of amides is 3. The van der Waals surface area contributed by atoms with Crippen molar-refractivity contribution in [3.63, 3.8) is 0 Å². The van der Waals surface area contributed by atoms with E-state index >= 15 is 0 Å². The van der Waals surface area contributed by atoms with E-state index in [9.17, 15) is 14.4 Å². The highest BCUT2D eigenvalue weighted by molar-refractivity contribution is 5.87. The average Bonchev–Trinajstić information content (AvgIpc) is 4.11. The number of hydrogen-bond donors (Lipinski definition) is 4. The molecule has 2 bridgehead atoms. The number of ether oxygens (including phenoxy) is 2. The molecule has 2 saturated carbocycles. The van der Waals surface area contributed by atoms with Crippen molar-refractivity contribution in [3.05, 3.63) is 103 Å². The molecule has 57 heavy (non-hydrogen) atoms. The van der Waals surface area contributed by atoms with E-state index < -0.39 is 18.2 Å². The minimum Gasteiger partial charge on any atom is -0.453 e. The van der Waals surface area contributed by atoms with Crippen molar-refractivity contribution in [1.29, 1.82) is 0 Å². The van der Waals surface area contributed by atoms with Gasteiger partial charge in [-0.25, -0.2) is 14.8 Å². The molecule has 4 N–H and O–H groups in total. The van der Waals surface area contributed by atoms with Gasteiger partial charge in [-0.3, -0.25) is 14.6 Å². The van der Waals surface area contributed by atoms with Gasteiger partial charge >= 0.3 is 6.09 Å². The summed E-state index contributed by atoms with van der Waals surface area (Å²) in [6, 6.07) is 19.4. The number of methoxy groups -OCH3 is 2. The second-order valence-electron chi connectivity index (χ2n) is 15.7. The van der Waals surface area contributed by atoms with Gasteiger partial charge in [-0.05, 0) is 91.7 Å². The largest absolute Gasteiger partial charge is 0.453 e. The highest BCUT2D eigenvalue weighted by atomic mass is 16.5. The predicted octanol–water partition coefficient (Wildman–Crippen LogP) is 6.96. The first kappa shape index (κ1) is 38.1. The van der Waals surface area contributed by atoms with E-state index in [-0.39, 0.29) is 35.7 Å². The van der Waals surface area contributed by atoms with Gasteiger partial charge in [0, 0.05) is 32.0 Å². The second-order valence-corrected chi connectivity index (χ2v) is 15.7. The van der Waals surface area contributed by atoms with Crippen molar-refractivity contribution >= 4 is 17.9 Å². The Kier molecular flexibility index (Phi) is 10.9. The van der Waals surface area contributed by atoms with Crippen LogP contribution in [-0.4, -0.2) is 80.6 Å². The summed E-state index contributed by atoms with van der Waals surface area (Å²) in [6.45, 7) is 4.31. The Balaban J connectivity index is 0.922. The fourth-order valence-corrected chi connectivity index (χ4v) is 9.27. The van der Waals surface area contributed by atoms with E-state index in [1.54, 1.807) is 24.2 Å². The Bertz CT molecular complexity index is 2190. The van der Waals surface area contributed by atoms with Crippen LogP contribution in [-0.2, 0) is 19.1 Å². The number of likely N-dealkylation sites (tertiary alicyclic amines) is 1. The molecule has 2 aliphatic carbocycles. The average molecular weight is 771 g/mol. The number of rotatable bonds is 12. The Morgan fingerprint density at radius 2 is 1.42 bits per heavy atom. The summed E-state index contributed by atoms with van der Waals surface area (Å²) in [7, 11) is 2.77. The Morgan fingerprint density at radius 1 is 0.789 bits per heavy atom. The molecule has 0 radical (unpaired) electrons. The molecule has 296 valence electrons. The van der Waals surface area contributed by atoms with Gasteiger partial charge in [-0.2, -0.15) is 0 Å². The van der Waals surface area contributed by atoms with Crippen LogP contribution in [0.25, 0.3) is 33.6 Å². The first-order chi connectivity index (χ1) is 27.7. The van der Waals surface area contributed by atoms with Crippen molar-refractivity contribution < 1.29 is 23.9 Å². The lowest BCUT2D eigenvalue weighted by Gasteiger charge is -2.30. The lowest BCUT2D eigenvalue weighted by atomic mass is 9.78. The van der Waals surface area contributed by atoms with E-state index in [2.05, 4.69) is 79.1 Å². The first-order valence-electron chi connectivity index (χ1n) is 19.9. The van der Waals surface area contributed by atoms with Gasteiger partial charge in [0.25, 0.3) is 0 Å². The molecule has 8 atom stereocenters. The topological polar surface area (TPSA) is 167 Å². The zero-order valence-corrected chi connectivity index (χ0v) is 32.8. The number of carbonyl (C=O) groups excluding carboxylic acids is 3. The third-order valence-corrected chi connectivity index (χ3v) is 12.4. The van der Waals surface area contributed by atoms with Crippen molar-refractivity contribution in [2.45, 2.75) is 76.1 Å². The molecule has 3 unspecified atom stereocenters.